The molecule has 120 valence electrons. The quantitative estimate of drug-likeness (QED) is 0.535. The van der Waals surface area contributed by atoms with Crippen LogP contribution in [0.4, 0.5) is 5.69 Å². The van der Waals surface area contributed by atoms with E-state index in [9.17, 15) is 4.79 Å². The molecular weight excluding hydrogens is 408 g/mol. The topological polar surface area (TPSA) is 42.0 Å². The fourth-order valence-corrected chi connectivity index (χ4v) is 3.28. The summed E-state index contributed by atoms with van der Waals surface area (Å²) >= 11 is 11.0. The van der Waals surface area contributed by atoms with Gasteiger partial charge in [0, 0.05) is 26.1 Å². The van der Waals surface area contributed by atoms with Gasteiger partial charge in [-0.3, -0.25) is 4.79 Å². The van der Waals surface area contributed by atoms with E-state index in [1.165, 1.54) is 0 Å². The Kier molecular flexibility index (Phi) is 5.56. The molecule has 3 aromatic rings. The number of benzene rings is 2. The predicted molar refractivity (Wildman–Crippen MR) is 102 cm³/mol. The Hall–Kier alpha value is -1.82. The van der Waals surface area contributed by atoms with Crippen molar-refractivity contribution in [3.05, 3.63) is 82.0 Å². The van der Waals surface area contributed by atoms with Gasteiger partial charge in [-0.25, -0.2) is 4.98 Å². The van der Waals surface area contributed by atoms with Gasteiger partial charge in [0.25, 0.3) is 5.91 Å². The largest absolute Gasteiger partial charge is 0.322 e. The van der Waals surface area contributed by atoms with Gasteiger partial charge in [-0.1, -0.05) is 39.3 Å². The summed E-state index contributed by atoms with van der Waals surface area (Å²) in [5.74, 6) is -0.276. The van der Waals surface area contributed by atoms with Crippen LogP contribution in [0, 0.1) is 0 Å². The lowest BCUT2D eigenvalue weighted by Gasteiger charge is -2.07. The number of rotatable bonds is 4. The van der Waals surface area contributed by atoms with Crippen molar-refractivity contribution in [2.45, 2.75) is 9.79 Å². The summed E-state index contributed by atoms with van der Waals surface area (Å²) in [6.07, 6.45) is 1.55. The molecule has 0 fully saturated rings. The lowest BCUT2D eigenvalue weighted by atomic mass is 10.2. The van der Waals surface area contributed by atoms with Crippen LogP contribution >= 0.6 is 39.3 Å². The average molecular weight is 420 g/mol. The Morgan fingerprint density at radius 2 is 1.62 bits per heavy atom. The van der Waals surface area contributed by atoms with E-state index in [1.807, 2.05) is 36.4 Å². The maximum absolute atomic E-state index is 12.2. The first-order chi connectivity index (χ1) is 11.6. The van der Waals surface area contributed by atoms with Gasteiger partial charge in [0.15, 0.2) is 0 Å². The number of nitrogens with zero attached hydrogens (tertiary/aromatic N) is 1. The molecule has 0 saturated heterocycles. The van der Waals surface area contributed by atoms with E-state index in [2.05, 4.69) is 38.4 Å². The molecule has 1 N–H and O–H groups in total. The number of pyridine rings is 1. The molecule has 3 rings (SSSR count). The monoisotopic (exact) mass is 418 g/mol. The number of amides is 1. The van der Waals surface area contributed by atoms with Crippen molar-refractivity contribution in [3.63, 3.8) is 0 Å². The van der Waals surface area contributed by atoms with Gasteiger partial charge in [-0.15, -0.1) is 0 Å². The molecule has 3 nitrogen and oxygen atoms in total. The summed E-state index contributed by atoms with van der Waals surface area (Å²) < 4.78 is 1.05. The Labute approximate surface area is 157 Å². The van der Waals surface area contributed by atoms with Crippen molar-refractivity contribution in [1.82, 2.24) is 4.98 Å². The second kappa shape index (κ2) is 7.83. The Morgan fingerprint density at radius 3 is 2.25 bits per heavy atom. The van der Waals surface area contributed by atoms with E-state index in [4.69, 9.17) is 11.6 Å². The third-order valence-electron chi connectivity index (χ3n) is 3.17. The van der Waals surface area contributed by atoms with Crippen molar-refractivity contribution in [2.24, 2.45) is 0 Å². The first-order valence-electron chi connectivity index (χ1n) is 7.07. The van der Waals surface area contributed by atoms with E-state index in [0.717, 1.165) is 14.3 Å². The number of carbonyl (C=O) groups is 1. The fraction of sp³-hybridized carbons (Fsp3) is 0. The molecule has 1 heterocycles. The summed E-state index contributed by atoms with van der Waals surface area (Å²) in [5.41, 5.74) is 1.06. The molecule has 0 bridgehead atoms. The number of nitrogens with one attached hydrogen (secondary N) is 1. The van der Waals surface area contributed by atoms with Crippen LogP contribution in [0.2, 0.25) is 5.15 Å². The first-order valence-corrected chi connectivity index (χ1v) is 9.06. The van der Waals surface area contributed by atoms with Crippen LogP contribution in [0.5, 0.6) is 0 Å². The molecule has 0 radical (unpaired) electrons. The van der Waals surface area contributed by atoms with Gasteiger partial charge in [0.1, 0.15) is 5.15 Å². The zero-order valence-electron chi connectivity index (χ0n) is 12.4. The van der Waals surface area contributed by atoms with Gasteiger partial charge in [0.05, 0.1) is 5.56 Å². The van der Waals surface area contributed by atoms with Gasteiger partial charge < -0.3 is 5.32 Å². The molecule has 6 heteroatoms. The summed E-state index contributed by atoms with van der Waals surface area (Å²) in [7, 11) is 0. The zero-order chi connectivity index (χ0) is 16.9. The standard InChI is InChI=1S/C18H12BrClN2OS/c19-12-3-7-14(8-4-12)24-15-9-5-13(6-10-15)22-18(23)16-2-1-11-21-17(16)20/h1-11H,(H,22,23). The Morgan fingerprint density at radius 1 is 1.00 bits per heavy atom. The third-order valence-corrected chi connectivity index (χ3v) is 5.01. The van der Waals surface area contributed by atoms with Gasteiger partial charge in [0.2, 0.25) is 0 Å². The second-order valence-electron chi connectivity index (χ2n) is 4.88. The maximum atomic E-state index is 12.2. The lowest BCUT2D eigenvalue weighted by Crippen LogP contribution is -2.12. The number of aromatic nitrogens is 1. The molecule has 1 aromatic heterocycles. The molecule has 0 aliphatic carbocycles. The van der Waals surface area contributed by atoms with Crippen molar-refractivity contribution >= 4 is 50.9 Å². The number of hydrogen-bond acceptors (Lipinski definition) is 3. The van der Waals surface area contributed by atoms with E-state index >= 15 is 0 Å². The molecule has 24 heavy (non-hydrogen) atoms. The van der Waals surface area contributed by atoms with Crippen molar-refractivity contribution in [2.75, 3.05) is 5.32 Å². The van der Waals surface area contributed by atoms with Gasteiger partial charge in [-0.2, -0.15) is 0 Å². The zero-order valence-corrected chi connectivity index (χ0v) is 15.5. The van der Waals surface area contributed by atoms with E-state index < -0.39 is 0 Å². The van der Waals surface area contributed by atoms with Crippen LogP contribution in [0.15, 0.2) is 81.1 Å². The predicted octanol–water partition coefficient (Wildman–Crippen LogP) is 5.90. The molecule has 0 aliphatic heterocycles. The molecule has 1 amide bonds. The van der Waals surface area contributed by atoms with Crippen LogP contribution in [-0.2, 0) is 0 Å². The third kappa shape index (κ3) is 4.38. The Bertz CT molecular complexity index is 854. The van der Waals surface area contributed by atoms with Crippen LogP contribution in [0.3, 0.4) is 0 Å². The van der Waals surface area contributed by atoms with Crippen molar-refractivity contribution in [1.29, 1.82) is 0 Å². The number of anilines is 1. The summed E-state index contributed by atoms with van der Waals surface area (Å²) in [4.78, 5) is 18.3. The highest BCUT2D eigenvalue weighted by molar-refractivity contribution is 9.10. The molecule has 0 aliphatic rings. The molecule has 0 saturated carbocycles. The minimum absolute atomic E-state index is 0.192. The SMILES string of the molecule is O=C(Nc1ccc(Sc2ccc(Br)cc2)cc1)c1cccnc1Cl. The second-order valence-corrected chi connectivity index (χ2v) is 7.30. The van der Waals surface area contributed by atoms with Crippen LogP contribution in [0.1, 0.15) is 10.4 Å². The smallest absolute Gasteiger partial charge is 0.258 e. The molecule has 0 spiro atoms. The minimum Gasteiger partial charge on any atom is -0.322 e. The van der Waals surface area contributed by atoms with Gasteiger partial charge in [-0.05, 0) is 60.7 Å². The number of hydrogen-bond donors (Lipinski definition) is 1. The first kappa shape index (κ1) is 17.0. The van der Waals surface area contributed by atoms with Crippen molar-refractivity contribution < 1.29 is 4.79 Å². The van der Waals surface area contributed by atoms with E-state index in [1.54, 1.807) is 30.1 Å². The maximum Gasteiger partial charge on any atom is 0.258 e. The number of halogens is 2. The summed E-state index contributed by atoms with van der Waals surface area (Å²) in [6, 6.07) is 19.1. The highest BCUT2D eigenvalue weighted by Crippen LogP contribution is 2.29. The molecule has 0 unspecified atom stereocenters. The van der Waals surface area contributed by atoms with Crippen LogP contribution in [-0.4, -0.2) is 10.9 Å². The van der Waals surface area contributed by atoms with Crippen LogP contribution < -0.4 is 5.32 Å². The fourth-order valence-electron chi connectivity index (χ4n) is 2.00. The highest BCUT2D eigenvalue weighted by atomic mass is 79.9. The molecule has 0 atom stereocenters. The van der Waals surface area contributed by atoms with E-state index in [-0.39, 0.29) is 11.1 Å². The number of carbonyl (C=O) groups excluding carboxylic acids is 1. The highest BCUT2D eigenvalue weighted by Gasteiger charge is 2.10. The lowest BCUT2D eigenvalue weighted by molar-refractivity contribution is 0.102. The van der Waals surface area contributed by atoms with Gasteiger partial charge >= 0.3 is 0 Å². The summed E-state index contributed by atoms with van der Waals surface area (Å²) in [6.45, 7) is 0. The summed E-state index contributed by atoms with van der Waals surface area (Å²) in [5, 5.41) is 3.01. The molecule has 2 aromatic carbocycles. The average Bonchev–Trinajstić information content (AvgIpc) is 2.59. The molecular formula is C18H12BrClN2OS. The normalized spacial score (nSPS) is 10.4. The van der Waals surface area contributed by atoms with E-state index in [0.29, 0.717) is 11.3 Å². The van der Waals surface area contributed by atoms with Crippen LogP contribution in [0.25, 0.3) is 0 Å². The minimum atomic E-state index is -0.276. The Balaban J connectivity index is 1.67. The van der Waals surface area contributed by atoms with Crippen molar-refractivity contribution in [3.8, 4) is 0 Å².